The molecular formula is C23H22FN5O2. The quantitative estimate of drug-likeness (QED) is 0.539. The zero-order valence-electron chi connectivity index (χ0n) is 17.3. The summed E-state index contributed by atoms with van der Waals surface area (Å²) in [4.78, 5) is 12.9. The Morgan fingerprint density at radius 3 is 2.87 bits per heavy atom. The number of nitrogens with zero attached hydrogens (tertiary/aromatic N) is 4. The second-order valence-electron chi connectivity index (χ2n) is 7.52. The van der Waals surface area contributed by atoms with Crippen molar-refractivity contribution in [3.8, 4) is 22.8 Å². The highest BCUT2D eigenvalue weighted by atomic mass is 19.1. The summed E-state index contributed by atoms with van der Waals surface area (Å²) >= 11 is 0. The van der Waals surface area contributed by atoms with Crippen molar-refractivity contribution in [1.82, 2.24) is 19.5 Å². The summed E-state index contributed by atoms with van der Waals surface area (Å²) in [7, 11) is 1.65. The largest absolute Gasteiger partial charge is 0.497 e. The van der Waals surface area contributed by atoms with Gasteiger partial charge in [0, 0.05) is 24.4 Å². The van der Waals surface area contributed by atoms with E-state index in [1.165, 1.54) is 12.3 Å². The molecule has 3 heterocycles. The maximum Gasteiger partial charge on any atom is 0.220 e. The molecule has 8 heteroatoms. The Balaban J connectivity index is 1.58. The van der Waals surface area contributed by atoms with Crippen LogP contribution in [0.15, 0.2) is 42.6 Å². The Morgan fingerprint density at radius 1 is 1.23 bits per heavy atom. The van der Waals surface area contributed by atoms with Crippen LogP contribution in [0.25, 0.3) is 22.3 Å². The second kappa shape index (κ2) is 7.54. The van der Waals surface area contributed by atoms with E-state index in [1.807, 2.05) is 18.2 Å². The standard InChI is InChI=1S/C23H22FN5O2/c1-3-29-20-10-16(18-6-7-26-23(25)28-18)17(24)11-19(20)27-22(29)14-8-13-9-15(30-2)4-5-21(13)31-12-14/h4-7,9-11,14H,3,8,12H2,1-2H3,(H2,25,26,28). The van der Waals surface area contributed by atoms with Crippen LogP contribution in [0.1, 0.15) is 24.2 Å². The third-order valence-electron chi connectivity index (χ3n) is 5.67. The first-order valence-corrected chi connectivity index (χ1v) is 10.2. The molecule has 1 aliphatic rings. The molecule has 0 fully saturated rings. The van der Waals surface area contributed by atoms with Crippen LogP contribution in [0.2, 0.25) is 0 Å². The SMILES string of the molecule is CCn1c(C2COc3ccc(OC)cc3C2)nc2cc(F)c(-c3ccnc(N)n3)cc21. The number of rotatable bonds is 4. The van der Waals surface area contributed by atoms with E-state index in [4.69, 9.17) is 20.2 Å². The number of nitrogen functional groups attached to an aromatic ring is 1. The fourth-order valence-electron chi connectivity index (χ4n) is 4.19. The number of anilines is 1. The van der Waals surface area contributed by atoms with Gasteiger partial charge in [-0.3, -0.25) is 0 Å². The number of fused-ring (bicyclic) bond motifs is 2. The molecule has 0 radical (unpaired) electrons. The van der Waals surface area contributed by atoms with Crippen molar-refractivity contribution in [1.29, 1.82) is 0 Å². The van der Waals surface area contributed by atoms with Crippen LogP contribution in [0.4, 0.5) is 10.3 Å². The van der Waals surface area contributed by atoms with E-state index in [0.29, 0.717) is 29.9 Å². The Bertz CT molecular complexity index is 1290. The monoisotopic (exact) mass is 419 g/mol. The minimum Gasteiger partial charge on any atom is -0.497 e. The van der Waals surface area contributed by atoms with E-state index in [-0.39, 0.29) is 11.9 Å². The molecule has 31 heavy (non-hydrogen) atoms. The summed E-state index contributed by atoms with van der Waals surface area (Å²) in [6, 6.07) is 10.7. The van der Waals surface area contributed by atoms with Gasteiger partial charge in [0.25, 0.3) is 0 Å². The van der Waals surface area contributed by atoms with Crippen molar-refractivity contribution >= 4 is 17.0 Å². The molecule has 7 nitrogen and oxygen atoms in total. The predicted molar refractivity (Wildman–Crippen MR) is 116 cm³/mol. The number of hydrogen-bond donors (Lipinski definition) is 1. The molecule has 2 aromatic heterocycles. The summed E-state index contributed by atoms with van der Waals surface area (Å²) in [5.41, 5.74) is 9.04. The first-order chi connectivity index (χ1) is 15.1. The third-order valence-corrected chi connectivity index (χ3v) is 5.67. The van der Waals surface area contributed by atoms with Crippen LogP contribution in [-0.4, -0.2) is 33.2 Å². The van der Waals surface area contributed by atoms with E-state index >= 15 is 0 Å². The first kappa shape index (κ1) is 19.3. The number of hydrogen-bond acceptors (Lipinski definition) is 6. The molecule has 0 amide bonds. The maximum absolute atomic E-state index is 14.9. The number of halogens is 1. The van der Waals surface area contributed by atoms with Crippen LogP contribution >= 0.6 is 0 Å². The van der Waals surface area contributed by atoms with Crippen molar-refractivity contribution in [2.75, 3.05) is 19.5 Å². The molecule has 158 valence electrons. The van der Waals surface area contributed by atoms with Crippen LogP contribution < -0.4 is 15.2 Å². The molecule has 1 atom stereocenters. The molecule has 0 bridgehead atoms. The molecule has 5 rings (SSSR count). The molecule has 1 aliphatic heterocycles. The van der Waals surface area contributed by atoms with Gasteiger partial charge in [0.1, 0.15) is 23.1 Å². The van der Waals surface area contributed by atoms with Crippen LogP contribution in [0, 0.1) is 5.82 Å². The Labute approximate surface area is 178 Å². The van der Waals surface area contributed by atoms with E-state index < -0.39 is 5.82 Å². The van der Waals surface area contributed by atoms with Crippen molar-refractivity contribution in [2.24, 2.45) is 0 Å². The molecule has 4 aromatic rings. The average molecular weight is 419 g/mol. The fourth-order valence-corrected chi connectivity index (χ4v) is 4.19. The van der Waals surface area contributed by atoms with E-state index in [1.54, 1.807) is 19.2 Å². The topological polar surface area (TPSA) is 88.1 Å². The molecule has 0 spiro atoms. The molecular weight excluding hydrogens is 397 g/mol. The summed E-state index contributed by atoms with van der Waals surface area (Å²) in [5, 5.41) is 0. The van der Waals surface area contributed by atoms with Crippen molar-refractivity contribution < 1.29 is 13.9 Å². The fraction of sp³-hybridized carbons (Fsp3) is 0.261. The zero-order valence-corrected chi connectivity index (χ0v) is 17.3. The lowest BCUT2D eigenvalue weighted by atomic mass is 9.95. The van der Waals surface area contributed by atoms with Gasteiger partial charge in [-0.05, 0) is 49.2 Å². The second-order valence-corrected chi connectivity index (χ2v) is 7.52. The summed E-state index contributed by atoms with van der Waals surface area (Å²) in [5.74, 6) is 2.30. The van der Waals surface area contributed by atoms with Gasteiger partial charge < -0.3 is 19.8 Å². The number of nitrogens with two attached hydrogens (primary N) is 1. The number of methoxy groups -OCH3 is 1. The smallest absolute Gasteiger partial charge is 0.220 e. The van der Waals surface area contributed by atoms with Gasteiger partial charge in [-0.25, -0.2) is 19.3 Å². The summed E-state index contributed by atoms with van der Waals surface area (Å²) in [6.45, 7) is 3.27. The predicted octanol–water partition coefficient (Wildman–Crippen LogP) is 3.96. The highest BCUT2D eigenvalue weighted by Gasteiger charge is 2.27. The normalized spacial score (nSPS) is 15.5. The van der Waals surface area contributed by atoms with Crippen molar-refractivity contribution in [2.45, 2.75) is 25.8 Å². The van der Waals surface area contributed by atoms with E-state index in [9.17, 15) is 4.39 Å². The van der Waals surface area contributed by atoms with Gasteiger partial charge in [-0.15, -0.1) is 0 Å². The number of benzene rings is 2. The highest BCUT2D eigenvalue weighted by molar-refractivity contribution is 5.82. The Hall–Kier alpha value is -3.68. The zero-order chi connectivity index (χ0) is 21.5. The van der Waals surface area contributed by atoms with Crippen molar-refractivity contribution in [3.05, 3.63) is 59.8 Å². The van der Waals surface area contributed by atoms with Gasteiger partial charge in [-0.2, -0.15) is 0 Å². The average Bonchev–Trinajstić information content (AvgIpc) is 3.14. The number of aryl methyl sites for hydroxylation is 1. The van der Waals surface area contributed by atoms with Gasteiger partial charge >= 0.3 is 0 Å². The van der Waals surface area contributed by atoms with Gasteiger partial charge in [0.15, 0.2) is 0 Å². The minimum absolute atomic E-state index is 0.0492. The van der Waals surface area contributed by atoms with E-state index in [0.717, 1.165) is 34.8 Å². The van der Waals surface area contributed by atoms with Crippen molar-refractivity contribution in [3.63, 3.8) is 0 Å². The minimum atomic E-state index is -0.395. The van der Waals surface area contributed by atoms with Crippen LogP contribution in [-0.2, 0) is 13.0 Å². The molecule has 2 N–H and O–H groups in total. The molecule has 0 aliphatic carbocycles. The number of imidazole rings is 1. The Kier molecular flexibility index (Phi) is 4.69. The van der Waals surface area contributed by atoms with Gasteiger partial charge in [-0.1, -0.05) is 0 Å². The molecule has 0 saturated heterocycles. The third kappa shape index (κ3) is 3.34. The highest BCUT2D eigenvalue weighted by Crippen LogP contribution is 2.36. The van der Waals surface area contributed by atoms with Crippen LogP contribution in [0.3, 0.4) is 0 Å². The van der Waals surface area contributed by atoms with Crippen LogP contribution in [0.5, 0.6) is 11.5 Å². The summed E-state index contributed by atoms with van der Waals surface area (Å²) < 4.78 is 28.4. The van der Waals surface area contributed by atoms with Gasteiger partial charge in [0.2, 0.25) is 5.95 Å². The Morgan fingerprint density at radius 2 is 2.10 bits per heavy atom. The van der Waals surface area contributed by atoms with Gasteiger partial charge in [0.05, 0.1) is 36.4 Å². The number of aromatic nitrogens is 4. The maximum atomic E-state index is 14.9. The lowest BCUT2D eigenvalue weighted by Gasteiger charge is -2.25. The van der Waals surface area contributed by atoms with E-state index in [2.05, 4.69) is 21.5 Å². The lowest BCUT2D eigenvalue weighted by Crippen LogP contribution is -2.22. The molecule has 2 aromatic carbocycles. The molecule has 0 saturated carbocycles. The first-order valence-electron chi connectivity index (χ1n) is 10.2. The summed E-state index contributed by atoms with van der Waals surface area (Å²) in [6.07, 6.45) is 2.29. The lowest BCUT2D eigenvalue weighted by molar-refractivity contribution is 0.254. The molecule has 1 unspecified atom stereocenters. The number of ether oxygens (including phenoxy) is 2.